The Morgan fingerprint density at radius 1 is 1.11 bits per heavy atom. The predicted octanol–water partition coefficient (Wildman–Crippen LogP) is 0.460. The highest BCUT2D eigenvalue weighted by atomic mass is 16.5. The normalized spacial score (nSPS) is 15.1. The number of aromatic nitrogens is 2. The van der Waals surface area contributed by atoms with Gasteiger partial charge in [-0.05, 0) is 19.2 Å². The summed E-state index contributed by atoms with van der Waals surface area (Å²) in [5.41, 5.74) is 0.586. The molecule has 3 amide bonds. The van der Waals surface area contributed by atoms with Gasteiger partial charge in [0.15, 0.2) is 0 Å². The van der Waals surface area contributed by atoms with E-state index in [4.69, 9.17) is 9.47 Å². The van der Waals surface area contributed by atoms with Crippen LogP contribution in [0.4, 0.5) is 10.7 Å². The number of carbonyl (C=O) groups excluding carboxylic acids is 2. The van der Waals surface area contributed by atoms with Crippen molar-refractivity contribution < 1.29 is 19.1 Å². The van der Waals surface area contributed by atoms with Crippen LogP contribution in [0.2, 0.25) is 0 Å². The minimum absolute atomic E-state index is 0.128. The molecule has 0 spiro atoms. The molecule has 0 radical (unpaired) electrons. The van der Waals surface area contributed by atoms with Crippen molar-refractivity contribution in [3.63, 3.8) is 0 Å². The van der Waals surface area contributed by atoms with Crippen LogP contribution in [0.3, 0.4) is 0 Å². The number of rotatable bonds is 11. The monoisotopic (exact) mass is 392 g/mol. The molecule has 0 unspecified atom stereocenters. The van der Waals surface area contributed by atoms with E-state index >= 15 is 0 Å². The van der Waals surface area contributed by atoms with E-state index < -0.39 is 11.9 Å². The molecule has 1 fully saturated rings. The van der Waals surface area contributed by atoms with Crippen LogP contribution >= 0.6 is 0 Å². The summed E-state index contributed by atoms with van der Waals surface area (Å²) in [4.78, 5) is 36.3. The lowest BCUT2D eigenvalue weighted by atomic mass is 10.3. The van der Waals surface area contributed by atoms with Gasteiger partial charge in [-0.15, -0.1) is 0 Å². The van der Waals surface area contributed by atoms with Gasteiger partial charge in [-0.25, -0.2) is 9.78 Å². The fraction of sp³-hybridized carbons (Fsp3) is 0.556. The van der Waals surface area contributed by atoms with Crippen LogP contribution in [0.1, 0.15) is 19.5 Å². The molecule has 1 aromatic rings. The minimum atomic E-state index is -0.557. The Hall–Kier alpha value is -2.72. The van der Waals surface area contributed by atoms with Crippen molar-refractivity contribution in [1.82, 2.24) is 25.5 Å². The molecular weight excluding hydrogens is 364 g/mol. The molecule has 1 aliphatic heterocycles. The molecule has 154 valence electrons. The Labute approximate surface area is 164 Å². The first kappa shape index (κ1) is 21.6. The number of nitrogens with zero attached hydrogens (tertiary/aromatic N) is 4. The van der Waals surface area contributed by atoms with Gasteiger partial charge in [0.1, 0.15) is 12.3 Å². The van der Waals surface area contributed by atoms with Gasteiger partial charge in [-0.1, -0.05) is 13.8 Å². The fourth-order valence-corrected chi connectivity index (χ4v) is 2.54. The lowest BCUT2D eigenvalue weighted by Crippen LogP contribution is -2.33. The first-order valence-electron chi connectivity index (χ1n) is 9.25. The van der Waals surface area contributed by atoms with Gasteiger partial charge in [0.2, 0.25) is 11.8 Å². The highest BCUT2D eigenvalue weighted by Gasteiger charge is 2.23. The number of ether oxygens (including phenoxy) is 2. The lowest BCUT2D eigenvalue weighted by Gasteiger charge is -2.23. The van der Waals surface area contributed by atoms with Gasteiger partial charge in [0, 0.05) is 33.3 Å². The number of amides is 3. The van der Waals surface area contributed by atoms with E-state index in [9.17, 15) is 9.59 Å². The summed E-state index contributed by atoms with van der Waals surface area (Å²) in [7, 11) is 3.49. The Balaban J connectivity index is 2.22. The van der Waals surface area contributed by atoms with Crippen LogP contribution < -0.4 is 20.3 Å². The maximum absolute atomic E-state index is 11.8. The molecule has 2 heterocycles. The van der Waals surface area contributed by atoms with Gasteiger partial charge in [0.25, 0.3) is 5.91 Å². The van der Waals surface area contributed by atoms with Crippen molar-refractivity contribution in [2.75, 3.05) is 58.5 Å². The summed E-state index contributed by atoms with van der Waals surface area (Å²) in [5.74, 6) is 0.342. The Kier molecular flexibility index (Phi) is 8.15. The largest absolute Gasteiger partial charge is 0.475 e. The van der Waals surface area contributed by atoms with Gasteiger partial charge in [0.05, 0.1) is 12.3 Å². The smallest absolute Gasteiger partial charge is 0.326 e. The Morgan fingerprint density at radius 3 is 2.46 bits per heavy atom. The van der Waals surface area contributed by atoms with Crippen molar-refractivity contribution >= 4 is 24.0 Å². The maximum atomic E-state index is 11.8. The molecule has 0 aromatic carbocycles. The molecule has 0 saturated carbocycles. The second kappa shape index (κ2) is 10.6. The molecule has 1 aliphatic rings. The third-order valence-electron chi connectivity index (χ3n) is 4.25. The van der Waals surface area contributed by atoms with Gasteiger partial charge < -0.3 is 24.6 Å². The second-order valence-electron chi connectivity index (χ2n) is 6.19. The average molecular weight is 392 g/mol. The number of methoxy groups -OCH3 is 1. The van der Waals surface area contributed by atoms with Crippen molar-refractivity contribution in [1.29, 1.82) is 0 Å². The number of carbonyl (C=O) groups is 2. The second-order valence-corrected chi connectivity index (χ2v) is 6.19. The zero-order valence-corrected chi connectivity index (χ0v) is 16.8. The van der Waals surface area contributed by atoms with E-state index in [-0.39, 0.29) is 5.70 Å². The van der Waals surface area contributed by atoms with Gasteiger partial charge >= 0.3 is 6.03 Å². The zero-order valence-electron chi connectivity index (χ0n) is 16.8. The molecule has 10 heteroatoms. The molecule has 0 atom stereocenters. The molecule has 28 heavy (non-hydrogen) atoms. The maximum Gasteiger partial charge on any atom is 0.326 e. The summed E-state index contributed by atoms with van der Waals surface area (Å²) in [5, 5.41) is 4.61. The van der Waals surface area contributed by atoms with E-state index in [0.717, 1.165) is 26.2 Å². The molecule has 1 saturated heterocycles. The fourth-order valence-electron chi connectivity index (χ4n) is 2.54. The predicted molar refractivity (Wildman–Crippen MR) is 105 cm³/mol. The SMILES string of the molecule is CCN(CC)CCN(C)c1nc(/C=C2/NC(=O)NC2=O)cc(OCCOC)n1. The Bertz CT molecular complexity index is 720. The van der Waals surface area contributed by atoms with Crippen LogP contribution in [0, 0.1) is 0 Å². The molecule has 0 aliphatic carbocycles. The number of urea groups is 1. The standard InChI is InChI=1S/C18H28N6O4/c1-5-24(6-2)8-7-23(3)17-19-13(11-14-16(25)22-18(26)20-14)12-15(21-17)28-10-9-27-4/h11-12H,5-10H2,1-4H3,(H2,20,22,25,26)/b14-11+. The summed E-state index contributed by atoms with van der Waals surface area (Å²) in [6, 6.07) is 1.06. The number of hydrogen-bond acceptors (Lipinski definition) is 8. The zero-order chi connectivity index (χ0) is 20.5. The number of likely N-dealkylation sites (N-methyl/N-ethyl adjacent to an activating group) is 2. The van der Waals surface area contributed by atoms with Crippen LogP contribution in [0.25, 0.3) is 6.08 Å². The summed E-state index contributed by atoms with van der Waals surface area (Å²) < 4.78 is 10.6. The molecule has 10 nitrogen and oxygen atoms in total. The van der Waals surface area contributed by atoms with Gasteiger partial charge in [-0.3, -0.25) is 10.1 Å². The van der Waals surface area contributed by atoms with E-state index in [0.29, 0.717) is 30.7 Å². The van der Waals surface area contributed by atoms with Crippen molar-refractivity contribution in [2.24, 2.45) is 0 Å². The minimum Gasteiger partial charge on any atom is -0.475 e. The third kappa shape index (κ3) is 6.17. The number of anilines is 1. The van der Waals surface area contributed by atoms with E-state index in [2.05, 4.69) is 39.3 Å². The quantitative estimate of drug-likeness (QED) is 0.318. The highest BCUT2D eigenvalue weighted by Crippen LogP contribution is 2.17. The van der Waals surface area contributed by atoms with Crippen LogP contribution in [0.5, 0.6) is 5.88 Å². The molecule has 2 rings (SSSR count). The first-order chi connectivity index (χ1) is 13.5. The van der Waals surface area contributed by atoms with Gasteiger partial charge in [-0.2, -0.15) is 4.98 Å². The van der Waals surface area contributed by atoms with E-state index in [1.807, 2.05) is 11.9 Å². The van der Waals surface area contributed by atoms with Crippen LogP contribution in [-0.4, -0.2) is 80.4 Å². The number of hydrogen-bond donors (Lipinski definition) is 2. The van der Waals surface area contributed by atoms with E-state index in [1.54, 1.807) is 13.2 Å². The third-order valence-corrected chi connectivity index (χ3v) is 4.25. The summed E-state index contributed by atoms with van der Waals surface area (Å²) in [6.45, 7) is 8.54. The molecule has 0 bridgehead atoms. The van der Waals surface area contributed by atoms with Crippen molar-refractivity contribution in [3.8, 4) is 5.88 Å². The lowest BCUT2D eigenvalue weighted by molar-refractivity contribution is -0.115. The van der Waals surface area contributed by atoms with Crippen LogP contribution in [0.15, 0.2) is 11.8 Å². The molecule has 1 aromatic heterocycles. The molecule has 2 N–H and O–H groups in total. The number of imide groups is 1. The molecular formula is C18H28N6O4. The summed E-state index contributed by atoms with van der Waals surface area (Å²) >= 11 is 0. The van der Waals surface area contributed by atoms with E-state index in [1.165, 1.54) is 6.08 Å². The van der Waals surface area contributed by atoms with Crippen LogP contribution in [-0.2, 0) is 9.53 Å². The number of nitrogens with one attached hydrogen (secondary N) is 2. The summed E-state index contributed by atoms with van der Waals surface area (Å²) in [6.07, 6.45) is 1.49. The van der Waals surface area contributed by atoms with Crippen molar-refractivity contribution in [2.45, 2.75) is 13.8 Å². The first-order valence-corrected chi connectivity index (χ1v) is 9.25. The van der Waals surface area contributed by atoms with Crippen molar-refractivity contribution in [3.05, 3.63) is 17.5 Å². The highest BCUT2D eigenvalue weighted by molar-refractivity contribution is 6.13. The Morgan fingerprint density at radius 2 is 1.86 bits per heavy atom. The topological polar surface area (TPSA) is 109 Å². The average Bonchev–Trinajstić information content (AvgIpc) is 2.99.